The van der Waals surface area contributed by atoms with Gasteiger partial charge in [-0.1, -0.05) is 129 Å². The third-order valence-electron chi connectivity index (χ3n) is 7.01. The van der Waals surface area contributed by atoms with Gasteiger partial charge in [-0.15, -0.1) is 0 Å². The molecule has 0 aromatic carbocycles. The molecule has 37 heavy (non-hydrogen) atoms. The van der Waals surface area contributed by atoms with Gasteiger partial charge in [0.05, 0.1) is 7.85 Å². The maximum absolute atomic E-state index is 12.1. The van der Waals surface area contributed by atoms with Crippen molar-refractivity contribution in [3.8, 4) is 0 Å². The molecule has 2 radical (unpaired) electrons. The molecule has 1 unspecified atom stereocenters. The van der Waals surface area contributed by atoms with E-state index in [9.17, 15) is 9.59 Å². The minimum atomic E-state index is -0.554. The summed E-state index contributed by atoms with van der Waals surface area (Å²) in [5.41, 5.74) is 0. The van der Waals surface area contributed by atoms with Crippen molar-refractivity contribution in [2.24, 2.45) is 0 Å². The Morgan fingerprint density at radius 1 is 0.595 bits per heavy atom. The topological polar surface area (TPSA) is 72.8 Å². The smallest absolute Gasteiger partial charge is 0.306 e. The molecule has 0 rings (SSSR count). The van der Waals surface area contributed by atoms with E-state index in [0.717, 1.165) is 44.9 Å². The highest BCUT2D eigenvalue weighted by molar-refractivity contribution is 6.09. The Labute approximate surface area is 230 Å². The predicted octanol–water partition coefficient (Wildman–Crippen LogP) is 8.40. The number of carbonyl (C=O) groups excluding carboxylic acids is 2. The van der Waals surface area contributed by atoms with Crippen LogP contribution in [0.3, 0.4) is 0 Å². The van der Waals surface area contributed by atoms with Crippen LogP contribution in [0.1, 0.15) is 161 Å². The Kier molecular flexibility index (Phi) is 28.7. The molecule has 0 aliphatic heterocycles. The first-order valence-corrected chi connectivity index (χ1v) is 15.8. The van der Waals surface area contributed by atoms with Crippen LogP contribution < -0.4 is 0 Å². The van der Waals surface area contributed by atoms with Gasteiger partial charge in [0.15, 0.2) is 0 Å². The van der Waals surface area contributed by atoms with Gasteiger partial charge in [0, 0.05) is 19.4 Å². The van der Waals surface area contributed by atoms with Gasteiger partial charge in [0.2, 0.25) is 0 Å². The summed E-state index contributed by atoms with van der Waals surface area (Å²) in [4.78, 5) is 24.1. The maximum atomic E-state index is 12.1. The highest BCUT2D eigenvalue weighted by Gasteiger charge is 2.14. The highest BCUT2D eigenvalue weighted by atomic mass is 16.6. The zero-order valence-corrected chi connectivity index (χ0v) is 24.3. The fourth-order valence-electron chi connectivity index (χ4n) is 4.56. The number of unbranched alkanes of at least 4 members (excludes halogenated alkanes) is 20. The number of carbonyl (C=O) groups is 2. The Hall–Kier alpha value is -1.04. The molecular formula is C31H59BO5. The lowest BCUT2D eigenvalue weighted by molar-refractivity contribution is -0.158. The third-order valence-corrected chi connectivity index (χ3v) is 7.01. The molecule has 5 nitrogen and oxygen atoms in total. The van der Waals surface area contributed by atoms with Crippen molar-refractivity contribution in [1.29, 1.82) is 0 Å². The second-order valence-corrected chi connectivity index (χ2v) is 10.7. The number of hydrogen-bond acceptors (Lipinski definition) is 5. The summed E-state index contributed by atoms with van der Waals surface area (Å²) in [7, 11) is 5.70. The van der Waals surface area contributed by atoms with Crippen LogP contribution in [0.5, 0.6) is 0 Å². The van der Waals surface area contributed by atoms with E-state index in [-0.39, 0.29) is 24.9 Å². The second kappa shape index (κ2) is 29.5. The van der Waals surface area contributed by atoms with Crippen molar-refractivity contribution in [2.75, 3.05) is 13.2 Å². The van der Waals surface area contributed by atoms with E-state index >= 15 is 0 Å². The molecule has 0 fully saturated rings. The van der Waals surface area contributed by atoms with Crippen LogP contribution in [0.2, 0.25) is 6.32 Å². The number of aliphatic hydroxyl groups excluding tert-OH is 1. The third kappa shape index (κ3) is 27.8. The summed E-state index contributed by atoms with van der Waals surface area (Å²) in [6.07, 6.45) is 26.8. The summed E-state index contributed by atoms with van der Waals surface area (Å²) in [6, 6.07) is 0. The molecule has 0 bridgehead atoms. The van der Waals surface area contributed by atoms with Crippen LogP contribution in [0, 0.1) is 0 Å². The largest absolute Gasteiger partial charge is 0.462 e. The van der Waals surface area contributed by atoms with Gasteiger partial charge in [-0.25, -0.2) is 0 Å². The van der Waals surface area contributed by atoms with Crippen molar-refractivity contribution in [1.82, 2.24) is 0 Å². The summed E-state index contributed by atoms with van der Waals surface area (Å²) < 4.78 is 10.7. The molecular weight excluding hydrogens is 463 g/mol. The van der Waals surface area contributed by atoms with Crippen LogP contribution >= 0.6 is 0 Å². The van der Waals surface area contributed by atoms with Gasteiger partial charge in [0.1, 0.15) is 12.7 Å². The van der Waals surface area contributed by atoms with Crippen LogP contribution in [0.25, 0.3) is 0 Å². The van der Waals surface area contributed by atoms with Gasteiger partial charge in [-0.05, 0) is 25.6 Å². The van der Waals surface area contributed by atoms with E-state index in [2.05, 4.69) is 6.92 Å². The average Bonchev–Trinajstić information content (AvgIpc) is 2.90. The molecule has 0 saturated heterocycles. The first kappa shape index (κ1) is 36.0. The Morgan fingerprint density at radius 2 is 0.973 bits per heavy atom. The number of aliphatic hydroxyl groups is 1. The van der Waals surface area contributed by atoms with Gasteiger partial charge in [0.25, 0.3) is 0 Å². The molecule has 1 atom stereocenters. The predicted molar refractivity (Wildman–Crippen MR) is 155 cm³/mol. The molecule has 0 aliphatic rings. The summed E-state index contributed by atoms with van der Waals surface area (Å²) in [5, 5.41) is 8.77. The monoisotopic (exact) mass is 522 g/mol. The van der Waals surface area contributed by atoms with Crippen molar-refractivity contribution in [3.63, 3.8) is 0 Å². The molecule has 0 aliphatic carbocycles. The summed E-state index contributed by atoms with van der Waals surface area (Å²) in [6.45, 7) is 2.61. The van der Waals surface area contributed by atoms with Crippen molar-refractivity contribution < 1.29 is 24.2 Å². The SMILES string of the molecule is [B]CC(COC(=O)CCCCCCCCCCCCCCC)OC(=O)CCCCCCCCCCCO. The fourth-order valence-corrected chi connectivity index (χ4v) is 4.56. The molecule has 0 amide bonds. The minimum absolute atomic E-state index is 0.0514. The molecule has 1 N–H and O–H groups in total. The average molecular weight is 523 g/mol. The van der Waals surface area contributed by atoms with Crippen LogP contribution in [0.15, 0.2) is 0 Å². The molecule has 216 valence electrons. The first-order valence-electron chi connectivity index (χ1n) is 15.8. The van der Waals surface area contributed by atoms with Crippen molar-refractivity contribution in [2.45, 2.75) is 173 Å². The number of esters is 2. The minimum Gasteiger partial charge on any atom is -0.462 e. The van der Waals surface area contributed by atoms with E-state index in [1.807, 2.05) is 0 Å². The number of rotatable bonds is 29. The molecule has 0 spiro atoms. The molecule has 0 saturated carbocycles. The van der Waals surface area contributed by atoms with Crippen molar-refractivity contribution >= 4 is 19.8 Å². The van der Waals surface area contributed by atoms with E-state index in [4.69, 9.17) is 22.4 Å². The normalized spacial score (nSPS) is 11.9. The Bertz CT molecular complexity index is 500. The van der Waals surface area contributed by atoms with E-state index in [0.29, 0.717) is 19.4 Å². The summed E-state index contributed by atoms with van der Waals surface area (Å²) >= 11 is 0. The second-order valence-electron chi connectivity index (χ2n) is 10.7. The molecule has 0 heterocycles. The summed E-state index contributed by atoms with van der Waals surface area (Å²) in [5.74, 6) is -0.485. The molecule has 0 aromatic heterocycles. The van der Waals surface area contributed by atoms with E-state index in [1.165, 1.54) is 96.3 Å². The quantitative estimate of drug-likeness (QED) is 0.0607. The number of ether oxygens (including phenoxy) is 2. The van der Waals surface area contributed by atoms with Gasteiger partial charge >= 0.3 is 11.9 Å². The van der Waals surface area contributed by atoms with Crippen LogP contribution in [-0.4, -0.2) is 44.2 Å². The number of hydrogen-bond donors (Lipinski definition) is 1. The lowest BCUT2D eigenvalue weighted by Gasteiger charge is -2.16. The Balaban J connectivity index is 3.55. The fraction of sp³-hybridized carbons (Fsp3) is 0.935. The van der Waals surface area contributed by atoms with E-state index < -0.39 is 6.10 Å². The lowest BCUT2D eigenvalue weighted by atomic mass is 10.00. The lowest BCUT2D eigenvalue weighted by Crippen LogP contribution is -2.24. The maximum Gasteiger partial charge on any atom is 0.306 e. The van der Waals surface area contributed by atoms with Gasteiger partial charge in [-0.3, -0.25) is 9.59 Å². The molecule has 6 heteroatoms. The van der Waals surface area contributed by atoms with Gasteiger partial charge < -0.3 is 14.6 Å². The molecule has 0 aromatic rings. The van der Waals surface area contributed by atoms with Gasteiger partial charge in [-0.2, -0.15) is 0 Å². The van der Waals surface area contributed by atoms with Crippen molar-refractivity contribution in [3.05, 3.63) is 0 Å². The highest BCUT2D eigenvalue weighted by Crippen LogP contribution is 2.14. The first-order chi connectivity index (χ1) is 18.1. The van der Waals surface area contributed by atoms with Crippen LogP contribution in [0.4, 0.5) is 0 Å². The Morgan fingerprint density at radius 3 is 1.38 bits per heavy atom. The van der Waals surface area contributed by atoms with Crippen LogP contribution in [-0.2, 0) is 19.1 Å². The standard InChI is InChI=1S/C31H59BO5/c1-2-3-4-5-6-7-8-9-10-12-15-18-21-24-30(34)36-28-29(27-32)37-31(35)25-22-19-16-13-11-14-17-20-23-26-33/h29,33H,2-28H2,1H3. The van der Waals surface area contributed by atoms with E-state index in [1.54, 1.807) is 0 Å². The zero-order valence-electron chi connectivity index (χ0n) is 24.3. The zero-order chi connectivity index (χ0) is 27.2.